The van der Waals surface area contributed by atoms with Crippen LogP contribution in [0.2, 0.25) is 5.02 Å². The summed E-state index contributed by atoms with van der Waals surface area (Å²) in [7, 11) is -3.89. The van der Waals surface area contributed by atoms with Gasteiger partial charge in [-0.25, -0.2) is 12.8 Å². The molecule has 11 heteroatoms. The first-order valence-corrected chi connectivity index (χ1v) is 12.9. The number of fused-ring (bicyclic) bond motifs is 1. The highest BCUT2D eigenvalue weighted by molar-refractivity contribution is 7.92. The molecule has 0 spiro atoms. The van der Waals surface area contributed by atoms with E-state index in [1.807, 2.05) is 13.8 Å². The number of rotatable bonds is 7. The molecular weight excluding hydrogens is 477 g/mol. The summed E-state index contributed by atoms with van der Waals surface area (Å²) >= 11 is 6.91. The average molecular weight is 500 g/mol. The highest BCUT2D eigenvalue weighted by atomic mass is 35.5. The molecule has 7 nitrogen and oxygen atoms in total. The van der Waals surface area contributed by atoms with Gasteiger partial charge in [0.1, 0.15) is 11.9 Å². The van der Waals surface area contributed by atoms with E-state index >= 15 is 0 Å². The van der Waals surface area contributed by atoms with Gasteiger partial charge in [-0.15, -0.1) is 0 Å². The molecule has 1 heterocycles. The highest BCUT2D eigenvalue weighted by Crippen LogP contribution is 2.29. The second-order valence-corrected chi connectivity index (χ2v) is 10.8. The summed E-state index contributed by atoms with van der Waals surface area (Å²) in [6, 6.07) is 7.48. The molecular formula is C21H23ClFN3O4S2. The largest absolute Gasteiger partial charge is 0.324 e. The number of nitrogens with one attached hydrogen (secondary N) is 1. The van der Waals surface area contributed by atoms with Gasteiger partial charge in [-0.1, -0.05) is 29.9 Å². The maximum Gasteiger partial charge on any atom is 0.308 e. The number of amides is 1. The monoisotopic (exact) mass is 499 g/mol. The van der Waals surface area contributed by atoms with E-state index in [0.29, 0.717) is 10.4 Å². The molecule has 0 radical (unpaired) electrons. The maximum absolute atomic E-state index is 13.6. The van der Waals surface area contributed by atoms with Crippen LogP contribution in [0.4, 0.5) is 15.8 Å². The molecule has 172 valence electrons. The van der Waals surface area contributed by atoms with Crippen molar-refractivity contribution in [1.29, 1.82) is 0 Å². The Balaban J connectivity index is 1.96. The molecule has 0 aliphatic carbocycles. The fourth-order valence-corrected chi connectivity index (χ4v) is 5.94. The molecule has 0 bridgehead atoms. The summed E-state index contributed by atoms with van der Waals surface area (Å²) in [6.45, 7) is 5.50. The number of sulfonamides is 1. The fraction of sp³-hybridized carbons (Fsp3) is 0.333. The number of carbonyl (C=O) groups is 1. The van der Waals surface area contributed by atoms with Crippen LogP contribution in [0.1, 0.15) is 33.2 Å². The Kier molecular flexibility index (Phi) is 6.97. The Hall–Kier alpha value is -2.43. The van der Waals surface area contributed by atoms with Gasteiger partial charge in [0.2, 0.25) is 15.9 Å². The van der Waals surface area contributed by atoms with Crippen LogP contribution < -0.4 is 14.5 Å². The Labute approximate surface area is 194 Å². The first-order valence-electron chi connectivity index (χ1n) is 9.84. The molecule has 1 aromatic heterocycles. The van der Waals surface area contributed by atoms with Gasteiger partial charge in [0, 0.05) is 11.7 Å². The molecule has 0 aliphatic rings. The molecule has 3 aromatic rings. The van der Waals surface area contributed by atoms with Crippen molar-refractivity contribution in [3.8, 4) is 0 Å². The molecule has 1 amide bonds. The van der Waals surface area contributed by atoms with E-state index in [1.165, 1.54) is 12.1 Å². The van der Waals surface area contributed by atoms with Crippen LogP contribution in [0.3, 0.4) is 0 Å². The molecule has 3 rings (SSSR count). The first-order chi connectivity index (χ1) is 14.9. The van der Waals surface area contributed by atoms with E-state index in [-0.39, 0.29) is 28.0 Å². The number of hydrogen-bond donors (Lipinski definition) is 1. The number of carbonyl (C=O) groups excluding carboxylic acids is 1. The van der Waals surface area contributed by atoms with E-state index < -0.39 is 27.8 Å². The third-order valence-electron chi connectivity index (χ3n) is 4.88. The molecule has 0 saturated carbocycles. The maximum atomic E-state index is 13.6. The molecule has 1 N–H and O–H groups in total. The van der Waals surface area contributed by atoms with Crippen LogP contribution in [0.5, 0.6) is 0 Å². The van der Waals surface area contributed by atoms with Crippen molar-refractivity contribution in [3.63, 3.8) is 0 Å². The van der Waals surface area contributed by atoms with Gasteiger partial charge in [-0.05, 0) is 56.7 Å². The smallest absolute Gasteiger partial charge is 0.308 e. The van der Waals surface area contributed by atoms with Crippen molar-refractivity contribution in [1.82, 2.24) is 4.57 Å². The number of anilines is 2. The van der Waals surface area contributed by atoms with E-state index in [9.17, 15) is 22.4 Å². The number of halogens is 2. The van der Waals surface area contributed by atoms with Crippen LogP contribution in [0.25, 0.3) is 10.2 Å². The van der Waals surface area contributed by atoms with E-state index in [0.717, 1.165) is 33.5 Å². The molecule has 0 aliphatic heterocycles. The van der Waals surface area contributed by atoms with Gasteiger partial charge >= 0.3 is 4.87 Å². The zero-order valence-corrected chi connectivity index (χ0v) is 20.3. The summed E-state index contributed by atoms with van der Waals surface area (Å²) in [6.07, 6.45) is 1.13. The van der Waals surface area contributed by atoms with Crippen LogP contribution in [-0.2, 0) is 14.8 Å². The minimum Gasteiger partial charge on any atom is -0.324 e. The lowest BCUT2D eigenvalue weighted by atomic mass is 10.1. The molecule has 2 aromatic carbocycles. The SMILES string of the molecule is CCC(C(=O)Nc1ccc2c(c1)sc(=O)n2C(C)C)N(c1ccc(F)c(Cl)c1)S(C)(=O)=O. The van der Waals surface area contributed by atoms with Gasteiger partial charge in [-0.3, -0.25) is 18.5 Å². The lowest BCUT2D eigenvalue weighted by molar-refractivity contribution is -0.117. The summed E-state index contributed by atoms with van der Waals surface area (Å²) in [5, 5.41) is 2.49. The summed E-state index contributed by atoms with van der Waals surface area (Å²) in [4.78, 5) is 25.2. The summed E-state index contributed by atoms with van der Waals surface area (Å²) in [5.41, 5.74) is 1.28. The molecule has 0 saturated heterocycles. The van der Waals surface area contributed by atoms with Gasteiger partial charge in [-0.2, -0.15) is 0 Å². The Morgan fingerprint density at radius 3 is 2.50 bits per heavy atom. The predicted molar refractivity (Wildman–Crippen MR) is 128 cm³/mol. The second kappa shape index (κ2) is 9.21. The van der Waals surface area contributed by atoms with Crippen molar-refractivity contribution in [2.24, 2.45) is 0 Å². The lowest BCUT2D eigenvalue weighted by Gasteiger charge is -2.30. The zero-order chi connectivity index (χ0) is 23.8. The van der Waals surface area contributed by atoms with Crippen LogP contribution in [-0.4, -0.2) is 31.2 Å². The van der Waals surface area contributed by atoms with Gasteiger partial charge in [0.05, 0.1) is 27.2 Å². The van der Waals surface area contributed by atoms with Crippen molar-refractivity contribution in [2.45, 2.75) is 39.3 Å². The molecule has 32 heavy (non-hydrogen) atoms. The van der Waals surface area contributed by atoms with Crippen molar-refractivity contribution >= 4 is 60.5 Å². The minimum absolute atomic E-state index is 0.00739. The lowest BCUT2D eigenvalue weighted by Crippen LogP contribution is -2.47. The Morgan fingerprint density at radius 1 is 1.25 bits per heavy atom. The van der Waals surface area contributed by atoms with Gasteiger partial charge < -0.3 is 5.32 Å². The predicted octanol–water partition coefficient (Wildman–Crippen LogP) is 4.62. The number of thiazole rings is 1. The highest BCUT2D eigenvalue weighted by Gasteiger charge is 2.32. The molecule has 1 atom stereocenters. The van der Waals surface area contributed by atoms with Crippen LogP contribution >= 0.6 is 22.9 Å². The van der Waals surface area contributed by atoms with E-state index in [1.54, 1.807) is 29.7 Å². The van der Waals surface area contributed by atoms with Crippen LogP contribution in [0, 0.1) is 5.82 Å². The quantitative estimate of drug-likeness (QED) is 0.513. The minimum atomic E-state index is -3.89. The molecule has 0 fully saturated rings. The second-order valence-electron chi connectivity index (χ2n) is 7.58. The third kappa shape index (κ3) is 4.82. The van der Waals surface area contributed by atoms with E-state index in [4.69, 9.17) is 11.6 Å². The summed E-state index contributed by atoms with van der Waals surface area (Å²) in [5.74, 6) is -1.25. The van der Waals surface area contributed by atoms with Gasteiger partial charge in [0.25, 0.3) is 0 Å². The van der Waals surface area contributed by atoms with Crippen molar-refractivity contribution in [3.05, 3.63) is 56.9 Å². The molecule has 1 unspecified atom stereocenters. The fourth-order valence-electron chi connectivity index (χ4n) is 3.51. The van der Waals surface area contributed by atoms with Crippen molar-refractivity contribution in [2.75, 3.05) is 15.9 Å². The van der Waals surface area contributed by atoms with E-state index in [2.05, 4.69) is 5.32 Å². The normalized spacial score (nSPS) is 12.8. The number of hydrogen-bond acceptors (Lipinski definition) is 5. The van der Waals surface area contributed by atoms with Gasteiger partial charge in [0.15, 0.2) is 0 Å². The third-order valence-corrected chi connectivity index (χ3v) is 7.27. The number of benzene rings is 2. The first kappa shape index (κ1) is 24.2. The van der Waals surface area contributed by atoms with Crippen LogP contribution in [0.15, 0.2) is 41.2 Å². The Morgan fingerprint density at radius 2 is 1.94 bits per heavy atom. The average Bonchev–Trinajstić information content (AvgIpc) is 3.02. The Bertz CT molecular complexity index is 1330. The van der Waals surface area contributed by atoms with Crippen molar-refractivity contribution < 1.29 is 17.6 Å². The summed E-state index contributed by atoms with van der Waals surface area (Å²) < 4.78 is 42.0. The standard InChI is InChI=1S/C21H23ClFN3O4S2/c1-5-17(26(32(4,29)30)14-7-8-16(23)15(22)11-14)20(27)24-13-6-9-18-19(10-13)31-21(28)25(18)12(2)3/h6-12,17H,5H2,1-4H3,(H,24,27). The number of nitrogens with zero attached hydrogens (tertiary/aromatic N) is 2. The zero-order valence-electron chi connectivity index (χ0n) is 17.9. The topological polar surface area (TPSA) is 88.5 Å². The number of aromatic nitrogens is 1.